The van der Waals surface area contributed by atoms with Crippen LogP contribution in [0.15, 0.2) is 0 Å². The second-order valence-electron chi connectivity index (χ2n) is 1.29. The van der Waals surface area contributed by atoms with Gasteiger partial charge in [-0.1, -0.05) is 0 Å². The fourth-order valence-electron chi connectivity index (χ4n) is 0.321. The van der Waals surface area contributed by atoms with Gasteiger partial charge in [0.15, 0.2) is 6.23 Å². The number of aliphatic hydroxyl groups excluding tert-OH is 1. The van der Waals surface area contributed by atoms with E-state index >= 15 is 0 Å². The zero-order valence-electron chi connectivity index (χ0n) is 3.43. The molecule has 1 saturated heterocycles. The van der Waals surface area contributed by atoms with Gasteiger partial charge < -0.3 is 10.4 Å². The first-order valence-corrected chi connectivity index (χ1v) is 1.79. The molecule has 1 atom stereocenters. The van der Waals surface area contributed by atoms with Gasteiger partial charge in [-0.15, -0.1) is 0 Å². The van der Waals surface area contributed by atoms with Crippen molar-refractivity contribution in [1.82, 2.24) is 5.32 Å². The van der Waals surface area contributed by atoms with Gasteiger partial charge in [-0.2, -0.15) is 0 Å². The molecule has 1 aliphatic heterocycles. The molecule has 1 heterocycles. The van der Waals surface area contributed by atoms with Crippen LogP contribution in [-0.2, 0) is 4.79 Å². The van der Waals surface area contributed by atoms with Crippen molar-refractivity contribution in [2.75, 3.05) is 0 Å². The molecule has 0 saturated carbocycles. The summed E-state index contributed by atoms with van der Waals surface area (Å²) >= 11 is 0. The van der Waals surface area contributed by atoms with Gasteiger partial charge in [0.1, 0.15) is 5.71 Å². The summed E-state index contributed by atoms with van der Waals surface area (Å²) in [7, 11) is 0. The molecular formula is C3H4N2O2. The Morgan fingerprint density at radius 2 is 2.43 bits per heavy atom. The van der Waals surface area contributed by atoms with Crippen LogP contribution in [0.25, 0.3) is 0 Å². The Hall–Kier alpha value is -0.900. The van der Waals surface area contributed by atoms with E-state index in [1.165, 1.54) is 0 Å². The summed E-state index contributed by atoms with van der Waals surface area (Å²) in [5.41, 5.74) is -0.250. The lowest BCUT2D eigenvalue weighted by Gasteiger charge is -2.21. The minimum absolute atomic E-state index is 0.250. The van der Waals surface area contributed by atoms with Crippen LogP contribution >= 0.6 is 0 Å². The monoisotopic (exact) mass is 100 g/mol. The van der Waals surface area contributed by atoms with Gasteiger partial charge in [-0.25, -0.2) is 0 Å². The lowest BCUT2D eigenvalue weighted by Crippen LogP contribution is -2.58. The van der Waals surface area contributed by atoms with E-state index in [0.29, 0.717) is 0 Å². The summed E-state index contributed by atoms with van der Waals surface area (Å²) in [5, 5.41) is 17.0. The third-order valence-electron chi connectivity index (χ3n) is 0.786. The molecule has 0 aromatic carbocycles. The summed E-state index contributed by atoms with van der Waals surface area (Å²) in [6.07, 6.45) is -1.01. The van der Waals surface area contributed by atoms with Crippen molar-refractivity contribution in [2.45, 2.75) is 6.23 Å². The van der Waals surface area contributed by atoms with Gasteiger partial charge in [0.2, 0.25) is 0 Å². The summed E-state index contributed by atoms with van der Waals surface area (Å²) in [5.74, 6) is -0.479. The molecule has 0 aromatic heterocycles. The van der Waals surface area contributed by atoms with Crippen molar-refractivity contribution < 1.29 is 9.90 Å². The maximum absolute atomic E-state index is 9.95. The van der Waals surface area contributed by atoms with Gasteiger partial charge in [0.25, 0.3) is 5.91 Å². The highest BCUT2D eigenvalue weighted by Gasteiger charge is 2.30. The number of hydrogen-bond donors (Lipinski definition) is 3. The summed E-state index contributed by atoms with van der Waals surface area (Å²) in [6, 6.07) is 0. The van der Waals surface area contributed by atoms with E-state index in [0.717, 1.165) is 0 Å². The Morgan fingerprint density at radius 3 is 2.43 bits per heavy atom. The molecule has 7 heavy (non-hydrogen) atoms. The molecule has 4 nitrogen and oxygen atoms in total. The van der Waals surface area contributed by atoms with Crippen molar-refractivity contribution in [2.24, 2.45) is 0 Å². The van der Waals surface area contributed by atoms with Crippen LogP contribution < -0.4 is 5.32 Å². The predicted molar refractivity (Wildman–Crippen MR) is 21.9 cm³/mol. The molecule has 1 aliphatic rings. The fourth-order valence-corrected chi connectivity index (χ4v) is 0.321. The van der Waals surface area contributed by atoms with Crippen LogP contribution in [0.3, 0.4) is 0 Å². The zero-order valence-corrected chi connectivity index (χ0v) is 3.43. The minimum atomic E-state index is -1.01. The number of β-lactam (4-membered cyclic amide) rings is 1. The zero-order chi connectivity index (χ0) is 5.44. The molecule has 0 radical (unpaired) electrons. The van der Waals surface area contributed by atoms with Crippen LogP contribution in [0.2, 0.25) is 0 Å². The van der Waals surface area contributed by atoms with E-state index in [9.17, 15) is 4.79 Å². The van der Waals surface area contributed by atoms with Gasteiger partial charge >= 0.3 is 0 Å². The van der Waals surface area contributed by atoms with Crippen LogP contribution in [0.1, 0.15) is 0 Å². The van der Waals surface area contributed by atoms with E-state index < -0.39 is 12.1 Å². The maximum atomic E-state index is 9.95. The lowest BCUT2D eigenvalue weighted by atomic mass is 10.2. The van der Waals surface area contributed by atoms with Crippen LogP contribution in [0.4, 0.5) is 0 Å². The van der Waals surface area contributed by atoms with Gasteiger partial charge in [0.05, 0.1) is 0 Å². The molecule has 0 spiro atoms. The van der Waals surface area contributed by atoms with Crippen LogP contribution in [0, 0.1) is 5.41 Å². The molecule has 0 bridgehead atoms. The number of rotatable bonds is 0. The Labute approximate surface area is 39.7 Å². The van der Waals surface area contributed by atoms with Gasteiger partial charge in [-0.3, -0.25) is 10.2 Å². The Morgan fingerprint density at radius 1 is 1.86 bits per heavy atom. The third-order valence-corrected chi connectivity index (χ3v) is 0.786. The van der Waals surface area contributed by atoms with E-state index in [2.05, 4.69) is 0 Å². The van der Waals surface area contributed by atoms with Crippen LogP contribution in [-0.4, -0.2) is 23.0 Å². The normalized spacial score (nSPS) is 29.0. The average Bonchev–Trinajstić information content (AvgIpc) is 1.68. The first kappa shape index (κ1) is 4.26. The molecule has 1 unspecified atom stereocenters. The van der Waals surface area contributed by atoms with Crippen molar-refractivity contribution >= 4 is 11.6 Å². The van der Waals surface area contributed by atoms with Crippen molar-refractivity contribution in [3.8, 4) is 0 Å². The van der Waals surface area contributed by atoms with Crippen molar-refractivity contribution in [3.63, 3.8) is 0 Å². The molecular weight excluding hydrogens is 96.0 g/mol. The Bertz CT molecular complexity index is 131. The number of aliphatic hydroxyl groups is 1. The first-order valence-electron chi connectivity index (χ1n) is 1.79. The summed E-state index contributed by atoms with van der Waals surface area (Å²) in [4.78, 5) is 9.95. The smallest absolute Gasteiger partial charge is 0.271 e. The van der Waals surface area contributed by atoms with E-state index in [1.807, 2.05) is 5.32 Å². The second-order valence-corrected chi connectivity index (χ2v) is 1.29. The van der Waals surface area contributed by atoms with Crippen LogP contribution in [0.5, 0.6) is 0 Å². The van der Waals surface area contributed by atoms with Crippen molar-refractivity contribution in [1.29, 1.82) is 5.41 Å². The molecule has 1 rings (SSSR count). The number of hydrogen-bond acceptors (Lipinski definition) is 3. The van der Waals surface area contributed by atoms with Gasteiger partial charge in [-0.05, 0) is 0 Å². The topological polar surface area (TPSA) is 73.2 Å². The third kappa shape index (κ3) is 0.398. The minimum Gasteiger partial charge on any atom is -0.368 e. The SMILES string of the molecule is N=C1C(=O)NC1O. The van der Waals surface area contributed by atoms with Crippen molar-refractivity contribution in [3.05, 3.63) is 0 Å². The number of carbonyl (C=O) groups is 1. The number of nitrogens with one attached hydrogen (secondary N) is 2. The molecule has 3 N–H and O–H groups in total. The summed E-state index contributed by atoms with van der Waals surface area (Å²) in [6.45, 7) is 0. The Kier molecular flexibility index (Phi) is 0.631. The molecule has 4 heteroatoms. The highest BCUT2D eigenvalue weighted by atomic mass is 16.3. The largest absolute Gasteiger partial charge is 0.368 e. The second kappa shape index (κ2) is 1.04. The predicted octanol–water partition coefficient (Wildman–Crippen LogP) is -1.55. The maximum Gasteiger partial charge on any atom is 0.271 e. The standard InChI is InChI=1S/C3H4N2O2/c4-1-2(6)5-3(1)7/h2,4,6H,(H,5,7). The Balaban J connectivity index is 2.60. The van der Waals surface area contributed by atoms with Gasteiger partial charge in [0, 0.05) is 0 Å². The highest BCUT2D eigenvalue weighted by Crippen LogP contribution is 1.92. The molecule has 1 fully saturated rings. The number of amides is 1. The molecule has 1 amide bonds. The highest BCUT2D eigenvalue weighted by molar-refractivity contribution is 6.45. The first-order chi connectivity index (χ1) is 3.22. The van der Waals surface area contributed by atoms with E-state index in [4.69, 9.17) is 10.5 Å². The molecule has 0 aliphatic carbocycles. The lowest BCUT2D eigenvalue weighted by molar-refractivity contribution is -0.121. The molecule has 0 aromatic rings. The van der Waals surface area contributed by atoms with E-state index in [-0.39, 0.29) is 5.71 Å². The van der Waals surface area contributed by atoms with E-state index in [1.54, 1.807) is 0 Å². The quantitative estimate of drug-likeness (QED) is 0.322. The molecule has 38 valence electrons. The summed E-state index contributed by atoms with van der Waals surface area (Å²) < 4.78 is 0. The fraction of sp³-hybridized carbons (Fsp3) is 0.333. The average molecular weight is 100 g/mol. The number of carbonyl (C=O) groups excluding carboxylic acids is 1.